The maximum atomic E-state index is 12.2. The van der Waals surface area contributed by atoms with Crippen LogP contribution < -0.4 is 5.32 Å². The largest absolute Gasteiger partial charge is 0.394 e. The van der Waals surface area contributed by atoms with Crippen molar-refractivity contribution in [3.05, 3.63) is 28.1 Å². The lowest BCUT2D eigenvalue weighted by atomic mass is 10.1. The van der Waals surface area contributed by atoms with E-state index in [0.29, 0.717) is 5.69 Å². The van der Waals surface area contributed by atoms with Gasteiger partial charge in [-0.3, -0.25) is 14.9 Å². The van der Waals surface area contributed by atoms with Gasteiger partial charge >= 0.3 is 0 Å². The maximum absolute atomic E-state index is 12.2. The average Bonchev–Trinajstić information content (AvgIpc) is 3.13. The smallest absolute Gasteiger partial charge is 0.287 e. The molecule has 0 radical (unpaired) electrons. The molecule has 0 aromatic carbocycles. The Kier molecular flexibility index (Phi) is 4.08. The minimum absolute atomic E-state index is 0.0767. The molecular formula is C13H19N3O4. The molecule has 110 valence electrons. The third-order valence-electron chi connectivity index (χ3n) is 3.54. The molecule has 7 heteroatoms. The van der Waals surface area contributed by atoms with E-state index in [-0.39, 0.29) is 36.2 Å². The first-order chi connectivity index (χ1) is 9.43. The number of carbonyl (C=O) groups excluding carboxylic acids is 1. The Labute approximate surface area is 116 Å². The predicted octanol–water partition coefficient (Wildman–Crippen LogP) is 1.48. The standard InChI is InChI=1S/C13H19N3O4/c1-8(2)11(7-17)14-13(18)12-5-10(16(19)20)6-15(12)9-3-4-9/h5-6,8-9,11,17H,3-4,7H2,1-2H3,(H,14,18)/t11-/m1/s1. The van der Waals surface area contributed by atoms with Gasteiger partial charge in [0, 0.05) is 12.1 Å². The molecule has 1 aliphatic carbocycles. The highest BCUT2D eigenvalue weighted by molar-refractivity contribution is 5.93. The molecule has 1 atom stereocenters. The number of aliphatic hydroxyl groups excluding tert-OH is 1. The molecule has 2 rings (SSSR count). The van der Waals surface area contributed by atoms with Crippen LogP contribution >= 0.6 is 0 Å². The number of aromatic nitrogens is 1. The third-order valence-corrected chi connectivity index (χ3v) is 3.54. The number of rotatable bonds is 6. The van der Waals surface area contributed by atoms with Gasteiger partial charge in [0.05, 0.1) is 23.8 Å². The van der Waals surface area contributed by atoms with E-state index < -0.39 is 4.92 Å². The summed E-state index contributed by atoms with van der Waals surface area (Å²) < 4.78 is 1.67. The molecule has 1 heterocycles. The molecule has 1 saturated carbocycles. The summed E-state index contributed by atoms with van der Waals surface area (Å²) >= 11 is 0. The van der Waals surface area contributed by atoms with Crippen LogP contribution in [0.5, 0.6) is 0 Å². The molecule has 1 amide bonds. The van der Waals surface area contributed by atoms with Crippen LogP contribution in [0, 0.1) is 16.0 Å². The van der Waals surface area contributed by atoms with E-state index in [9.17, 15) is 20.0 Å². The SMILES string of the molecule is CC(C)[C@@H](CO)NC(=O)c1cc([N+](=O)[O-])cn1C1CC1. The molecule has 7 nitrogen and oxygen atoms in total. The molecule has 1 aromatic heterocycles. The minimum Gasteiger partial charge on any atom is -0.394 e. The molecule has 0 spiro atoms. The number of hydrogen-bond acceptors (Lipinski definition) is 4. The Hall–Kier alpha value is -1.89. The highest BCUT2D eigenvalue weighted by Crippen LogP contribution is 2.37. The molecule has 0 aliphatic heterocycles. The van der Waals surface area contributed by atoms with Crippen LogP contribution in [0.15, 0.2) is 12.3 Å². The second-order valence-electron chi connectivity index (χ2n) is 5.49. The quantitative estimate of drug-likeness (QED) is 0.609. The van der Waals surface area contributed by atoms with Crippen molar-refractivity contribution in [2.24, 2.45) is 5.92 Å². The number of nitro groups is 1. The van der Waals surface area contributed by atoms with E-state index in [1.165, 1.54) is 12.3 Å². The summed E-state index contributed by atoms with van der Waals surface area (Å²) in [6.45, 7) is 3.63. The first-order valence-electron chi connectivity index (χ1n) is 6.72. The predicted molar refractivity (Wildman–Crippen MR) is 72.5 cm³/mol. The summed E-state index contributed by atoms with van der Waals surface area (Å²) in [6, 6.07) is 1.11. The zero-order valence-corrected chi connectivity index (χ0v) is 11.6. The van der Waals surface area contributed by atoms with Crippen LogP contribution in [-0.2, 0) is 0 Å². The number of nitrogens with zero attached hydrogens (tertiary/aromatic N) is 2. The molecule has 0 unspecified atom stereocenters. The second-order valence-corrected chi connectivity index (χ2v) is 5.49. The van der Waals surface area contributed by atoms with Crippen molar-refractivity contribution >= 4 is 11.6 Å². The zero-order valence-electron chi connectivity index (χ0n) is 11.6. The van der Waals surface area contributed by atoms with Gasteiger partial charge in [0.2, 0.25) is 0 Å². The van der Waals surface area contributed by atoms with Gasteiger partial charge in [0.1, 0.15) is 5.69 Å². The minimum atomic E-state index is -0.498. The van der Waals surface area contributed by atoms with Gasteiger partial charge < -0.3 is 15.0 Å². The van der Waals surface area contributed by atoms with Gasteiger partial charge in [-0.1, -0.05) is 13.8 Å². The van der Waals surface area contributed by atoms with Crippen molar-refractivity contribution in [3.8, 4) is 0 Å². The number of nitrogens with one attached hydrogen (secondary N) is 1. The van der Waals surface area contributed by atoms with E-state index in [0.717, 1.165) is 12.8 Å². The van der Waals surface area contributed by atoms with Crippen LogP contribution in [-0.4, -0.2) is 33.2 Å². The summed E-state index contributed by atoms with van der Waals surface area (Å²) in [6.07, 6.45) is 3.27. The lowest BCUT2D eigenvalue weighted by molar-refractivity contribution is -0.384. The number of carbonyl (C=O) groups is 1. The molecular weight excluding hydrogens is 262 g/mol. The number of aliphatic hydroxyl groups is 1. The lowest BCUT2D eigenvalue weighted by Gasteiger charge is -2.20. The first-order valence-corrected chi connectivity index (χ1v) is 6.72. The monoisotopic (exact) mass is 281 g/mol. The fraction of sp³-hybridized carbons (Fsp3) is 0.615. The van der Waals surface area contributed by atoms with Crippen LogP contribution in [0.3, 0.4) is 0 Å². The molecule has 0 bridgehead atoms. The number of hydrogen-bond donors (Lipinski definition) is 2. The Morgan fingerprint density at radius 3 is 2.70 bits per heavy atom. The van der Waals surface area contributed by atoms with Crippen LogP contribution in [0.25, 0.3) is 0 Å². The van der Waals surface area contributed by atoms with Crippen LogP contribution in [0.1, 0.15) is 43.2 Å². The molecule has 1 fully saturated rings. The van der Waals surface area contributed by atoms with Crippen LogP contribution in [0.2, 0.25) is 0 Å². The maximum Gasteiger partial charge on any atom is 0.287 e. The van der Waals surface area contributed by atoms with Crippen molar-refractivity contribution in [2.75, 3.05) is 6.61 Å². The van der Waals surface area contributed by atoms with Gasteiger partial charge in [0.15, 0.2) is 0 Å². The van der Waals surface area contributed by atoms with Crippen molar-refractivity contribution in [1.82, 2.24) is 9.88 Å². The van der Waals surface area contributed by atoms with E-state index in [1.54, 1.807) is 4.57 Å². The van der Waals surface area contributed by atoms with Crippen molar-refractivity contribution in [2.45, 2.75) is 38.8 Å². The summed E-state index contributed by atoms with van der Waals surface area (Å²) in [7, 11) is 0. The van der Waals surface area contributed by atoms with Crippen molar-refractivity contribution < 1.29 is 14.8 Å². The fourth-order valence-electron chi connectivity index (χ4n) is 2.07. The highest BCUT2D eigenvalue weighted by Gasteiger charge is 2.31. The Morgan fingerprint density at radius 1 is 1.60 bits per heavy atom. The highest BCUT2D eigenvalue weighted by atomic mass is 16.6. The topological polar surface area (TPSA) is 97.4 Å². The second kappa shape index (κ2) is 5.62. The molecule has 0 saturated heterocycles. The fourth-order valence-corrected chi connectivity index (χ4v) is 2.07. The van der Waals surface area contributed by atoms with E-state index in [4.69, 9.17) is 0 Å². The van der Waals surface area contributed by atoms with E-state index in [1.807, 2.05) is 13.8 Å². The molecule has 20 heavy (non-hydrogen) atoms. The summed E-state index contributed by atoms with van der Waals surface area (Å²) in [4.78, 5) is 22.6. The Balaban J connectivity index is 2.22. The van der Waals surface area contributed by atoms with E-state index >= 15 is 0 Å². The Morgan fingerprint density at radius 2 is 2.25 bits per heavy atom. The summed E-state index contributed by atoms with van der Waals surface area (Å²) in [5, 5.41) is 22.8. The van der Waals surface area contributed by atoms with Gasteiger partial charge in [-0.2, -0.15) is 0 Å². The van der Waals surface area contributed by atoms with Gasteiger partial charge in [-0.15, -0.1) is 0 Å². The number of amides is 1. The molecule has 2 N–H and O–H groups in total. The normalized spacial score (nSPS) is 16.2. The lowest BCUT2D eigenvalue weighted by Crippen LogP contribution is -2.41. The zero-order chi connectivity index (χ0) is 14.9. The molecule has 1 aromatic rings. The van der Waals surface area contributed by atoms with Crippen LogP contribution in [0.4, 0.5) is 5.69 Å². The van der Waals surface area contributed by atoms with Crippen molar-refractivity contribution in [1.29, 1.82) is 0 Å². The summed E-state index contributed by atoms with van der Waals surface area (Å²) in [5.74, 6) is -0.291. The first kappa shape index (κ1) is 14.5. The third kappa shape index (κ3) is 2.98. The average molecular weight is 281 g/mol. The van der Waals surface area contributed by atoms with Gasteiger partial charge in [-0.05, 0) is 18.8 Å². The van der Waals surface area contributed by atoms with Gasteiger partial charge in [0.25, 0.3) is 11.6 Å². The van der Waals surface area contributed by atoms with Crippen molar-refractivity contribution in [3.63, 3.8) is 0 Å². The Bertz CT molecular complexity index is 520. The molecule has 1 aliphatic rings. The van der Waals surface area contributed by atoms with Gasteiger partial charge in [-0.25, -0.2) is 0 Å². The van der Waals surface area contributed by atoms with E-state index in [2.05, 4.69) is 5.32 Å². The summed E-state index contributed by atoms with van der Waals surface area (Å²) in [5.41, 5.74) is 0.213.